The number of nitrogens with two attached hydrogens (primary N) is 1. The van der Waals surface area contributed by atoms with E-state index in [4.69, 9.17) is 17.3 Å². The van der Waals surface area contributed by atoms with Crippen molar-refractivity contribution in [2.45, 2.75) is 32.7 Å². The Bertz CT molecular complexity index is 944. The van der Waals surface area contributed by atoms with E-state index in [2.05, 4.69) is 10.2 Å². The third-order valence-electron chi connectivity index (χ3n) is 5.12. The zero-order valence-electron chi connectivity index (χ0n) is 15.8. The van der Waals surface area contributed by atoms with Crippen molar-refractivity contribution >= 4 is 33.0 Å². The fourth-order valence-electron chi connectivity index (χ4n) is 3.43. The van der Waals surface area contributed by atoms with E-state index < -0.39 is 9.84 Å². The summed E-state index contributed by atoms with van der Waals surface area (Å²) >= 11 is 6.29. The van der Waals surface area contributed by atoms with E-state index >= 15 is 0 Å². The van der Waals surface area contributed by atoms with Gasteiger partial charge < -0.3 is 10.6 Å². The number of nitrogen functional groups attached to an aromatic ring is 1. The highest BCUT2D eigenvalue weighted by molar-refractivity contribution is 7.91. The summed E-state index contributed by atoms with van der Waals surface area (Å²) in [5, 5.41) is 7.42. The molecule has 1 aromatic carbocycles. The number of halogens is 1. The van der Waals surface area contributed by atoms with Gasteiger partial charge in [-0.2, -0.15) is 5.10 Å². The van der Waals surface area contributed by atoms with Crippen molar-refractivity contribution in [3.63, 3.8) is 0 Å². The van der Waals surface area contributed by atoms with Crippen LogP contribution in [0.15, 0.2) is 24.3 Å². The maximum atomic E-state index is 13.0. The zero-order chi connectivity index (χ0) is 20.3. The molecule has 0 atom stereocenters. The molecule has 0 radical (unpaired) electrons. The number of rotatable bonds is 6. The fourth-order valence-corrected chi connectivity index (χ4v) is 5.20. The maximum absolute atomic E-state index is 13.0. The van der Waals surface area contributed by atoms with Gasteiger partial charge >= 0.3 is 0 Å². The highest BCUT2D eigenvalue weighted by atomic mass is 35.5. The van der Waals surface area contributed by atoms with E-state index in [0.29, 0.717) is 42.3 Å². The first kappa shape index (κ1) is 20.7. The standard InChI is InChI=1S/C19H25ClN4O3S/c1-13-10-18(23-22-13)19(25)24(12-15-11-16(21)2-3-17(15)20)7-4-14-5-8-28(26,27)9-6-14/h2-3,10-11,14H,4-9,12,21H2,1H3,(H,22,23). The molecule has 0 saturated carbocycles. The van der Waals surface area contributed by atoms with Gasteiger partial charge in [0.15, 0.2) is 0 Å². The summed E-state index contributed by atoms with van der Waals surface area (Å²) in [6, 6.07) is 6.92. The third-order valence-corrected chi connectivity index (χ3v) is 7.21. The molecular formula is C19H25ClN4O3S. The average molecular weight is 425 g/mol. The van der Waals surface area contributed by atoms with Crippen LogP contribution in [0.1, 0.15) is 41.0 Å². The summed E-state index contributed by atoms with van der Waals surface area (Å²) in [5.41, 5.74) is 8.39. The number of carbonyl (C=O) groups is 1. The highest BCUT2D eigenvalue weighted by Gasteiger charge is 2.26. The first-order valence-corrected chi connectivity index (χ1v) is 11.5. The smallest absolute Gasteiger partial charge is 0.274 e. The van der Waals surface area contributed by atoms with Crippen molar-refractivity contribution in [1.82, 2.24) is 15.1 Å². The number of aromatic nitrogens is 2. The van der Waals surface area contributed by atoms with Crippen molar-refractivity contribution in [2.24, 2.45) is 5.92 Å². The zero-order valence-corrected chi connectivity index (χ0v) is 17.4. The number of anilines is 1. The Morgan fingerprint density at radius 2 is 2.04 bits per heavy atom. The van der Waals surface area contributed by atoms with Crippen LogP contribution in [0.25, 0.3) is 0 Å². The molecular weight excluding hydrogens is 400 g/mol. The lowest BCUT2D eigenvalue weighted by Gasteiger charge is -2.27. The Morgan fingerprint density at radius 1 is 1.32 bits per heavy atom. The minimum Gasteiger partial charge on any atom is -0.399 e. The van der Waals surface area contributed by atoms with Crippen LogP contribution in [-0.4, -0.2) is 47.5 Å². The molecule has 1 aliphatic heterocycles. The summed E-state index contributed by atoms with van der Waals surface area (Å²) in [6.07, 6.45) is 2.03. The number of hydrogen-bond acceptors (Lipinski definition) is 5. The molecule has 2 aromatic rings. The van der Waals surface area contributed by atoms with Crippen LogP contribution in [0.4, 0.5) is 5.69 Å². The Labute approximate surface area is 170 Å². The summed E-state index contributed by atoms with van der Waals surface area (Å²) in [4.78, 5) is 14.7. The molecule has 152 valence electrons. The number of carbonyl (C=O) groups excluding carboxylic acids is 1. The number of amides is 1. The Kier molecular flexibility index (Phi) is 6.30. The molecule has 7 nitrogen and oxygen atoms in total. The molecule has 0 bridgehead atoms. The van der Waals surface area contributed by atoms with E-state index in [-0.39, 0.29) is 23.3 Å². The highest BCUT2D eigenvalue weighted by Crippen LogP contribution is 2.25. The van der Waals surface area contributed by atoms with Crippen LogP contribution < -0.4 is 5.73 Å². The van der Waals surface area contributed by atoms with Gasteiger partial charge in [0.2, 0.25) is 0 Å². The van der Waals surface area contributed by atoms with Crippen LogP contribution in [-0.2, 0) is 16.4 Å². The molecule has 1 aromatic heterocycles. The van der Waals surface area contributed by atoms with E-state index in [1.165, 1.54) is 0 Å². The topological polar surface area (TPSA) is 109 Å². The summed E-state index contributed by atoms with van der Waals surface area (Å²) < 4.78 is 23.3. The number of nitrogens with zero attached hydrogens (tertiary/aromatic N) is 2. The largest absolute Gasteiger partial charge is 0.399 e. The number of sulfone groups is 1. The van der Waals surface area contributed by atoms with Crippen molar-refractivity contribution in [3.8, 4) is 0 Å². The van der Waals surface area contributed by atoms with E-state index in [0.717, 1.165) is 17.7 Å². The molecule has 0 unspecified atom stereocenters. The summed E-state index contributed by atoms with van der Waals surface area (Å²) in [7, 11) is -2.90. The first-order chi connectivity index (χ1) is 13.2. The summed E-state index contributed by atoms with van der Waals surface area (Å²) in [5.74, 6) is 0.554. The fraction of sp³-hybridized carbons (Fsp3) is 0.474. The number of hydrogen-bond donors (Lipinski definition) is 2. The number of benzene rings is 1. The molecule has 0 spiro atoms. The van der Waals surface area contributed by atoms with Gasteiger partial charge in [-0.1, -0.05) is 11.6 Å². The number of H-pyrrole nitrogens is 1. The normalized spacial score (nSPS) is 16.8. The van der Waals surface area contributed by atoms with Crippen LogP contribution >= 0.6 is 11.6 Å². The Hall–Kier alpha value is -2.06. The van der Waals surface area contributed by atoms with Gasteiger partial charge in [-0.05, 0) is 61.9 Å². The molecule has 1 amide bonds. The van der Waals surface area contributed by atoms with Crippen LogP contribution in [0.2, 0.25) is 5.02 Å². The monoisotopic (exact) mass is 424 g/mol. The second-order valence-electron chi connectivity index (χ2n) is 7.40. The minimum atomic E-state index is -2.90. The molecule has 1 saturated heterocycles. The van der Waals surface area contributed by atoms with Gasteiger partial charge in [-0.25, -0.2) is 8.42 Å². The predicted octanol–water partition coefficient (Wildman–Crippen LogP) is 2.81. The van der Waals surface area contributed by atoms with Crippen LogP contribution in [0.3, 0.4) is 0 Å². The first-order valence-electron chi connectivity index (χ1n) is 9.29. The summed E-state index contributed by atoms with van der Waals surface area (Å²) in [6.45, 7) is 2.66. The predicted molar refractivity (Wildman–Crippen MR) is 110 cm³/mol. The molecule has 3 rings (SSSR count). The van der Waals surface area contributed by atoms with Gasteiger partial charge in [-0.3, -0.25) is 9.89 Å². The van der Waals surface area contributed by atoms with Crippen molar-refractivity contribution < 1.29 is 13.2 Å². The van der Waals surface area contributed by atoms with E-state index in [1.54, 1.807) is 29.2 Å². The Morgan fingerprint density at radius 3 is 2.68 bits per heavy atom. The van der Waals surface area contributed by atoms with E-state index in [1.807, 2.05) is 6.92 Å². The molecule has 9 heteroatoms. The lowest BCUT2D eigenvalue weighted by Crippen LogP contribution is -2.34. The van der Waals surface area contributed by atoms with E-state index in [9.17, 15) is 13.2 Å². The van der Waals surface area contributed by atoms with Crippen molar-refractivity contribution in [2.75, 3.05) is 23.8 Å². The minimum absolute atomic E-state index is 0.189. The SMILES string of the molecule is Cc1cc(C(=O)N(CCC2CCS(=O)(=O)CC2)Cc2cc(N)ccc2Cl)n[nH]1. The van der Waals surface area contributed by atoms with Crippen LogP contribution in [0, 0.1) is 12.8 Å². The van der Waals surface area contributed by atoms with Crippen molar-refractivity contribution in [1.29, 1.82) is 0 Å². The molecule has 3 N–H and O–H groups in total. The molecule has 0 aliphatic carbocycles. The van der Waals surface area contributed by atoms with Gasteiger partial charge in [-0.15, -0.1) is 0 Å². The second-order valence-corrected chi connectivity index (χ2v) is 10.1. The van der Waals surface area contributed by atoms with Gasteiger partial charge in [0.05, 0.1) is 11.5 Å². The number of aryl methyl sites for hydroxylation is 1. The third kappa shape index (κ3) is 5.26. The maximum Gasteiger partial charge on any atom is 0.274 e. The second kappa shape index (κ2) is 8.53. The number of aromatic amines is 1. The van der Waals surface area contributed by atoms with Crippen molar-refractivity contribution in [3.05, 3.63) is 46.2 Å². The van der Waals surface area contributed by atoms with Gasteiger partial charge in [0, 0.05) is 29.5 Å². The van der Waals surface area contributed by atoms with Gasteiger partial charge in [0.25, 0.3) is 5.91 Å². The lowest BCUT2D eigenvalue weighted by molar-refractivity contribution is 0.0725. The van der Waals surface area contributed by atoms with Gasteiger partial charge in [0.1, 0.15) is 15.5 Å². The Balaban J connectivity index is 1.74. The molecule has 1 aliphatic rings. The number of nitrogens with one attached hydrogen (secondary N) is 1. The molecule has 28 heavy (non-hydrogen) atoms. The van der Waals surface area contributed by atoms with Crippen LogP contribution in [0.5, 0.6) is 0 Å². The average Bonchev–Trinajstić information content (AvgIpc) is 3.08. The quantitative estimate of drug-likeness (QED) is 0.693. The molecule has 2 heterocycles. The molecule has 1 fully saturated rings. The lowest BCUT2D eigenvalue weighted by atomic mass is 9.98.